The minimum atomic E-state index is 0.0146. The number of aryl methyl sites for hydroxylation is 1. The number of nitrogens with zero attached hydrogens (tertiary/aromatic N) is 3. The van der Waals surface area contributed by atoms with Crippen LogP contribution in [0.4, 0.5) is 5.82 Å². The largest absolute Gasteiger partial charge is 0.384 e. The summed E-state index contributed by atoms with van der Waals surface area (Å²) in [6.07, 6.45) is 2.12. The van der Waals surface area contributed by atoms with E-state index < -0.39 is 0 Å². The molecule has 1 aliphatic heterocycles. The van der Waals surface area contributed by atoms with Gasteiger partial charge in [-0.25, -0.2) is 4.68 Å². The van der Waals surface area contributed by atoms with E-state index in [9.17, 15) is 4.79 Å². The first-order valence-corrected chi connectivity index (χ1v) is 8.11. The first-order valence-electron chi connectivity index (χ1n) is 8.11. The first kappa shape index (κ1) is 15.6. The van der Waals surface area contributed by atoms with E-state index in [0.29, 0.717) is 5.82 Å². The average molecular weight is 312 g/mol. The van der Waals surface area contributed by atoms with Crippen LogP contribution in [0.25, 0.3) is 0 Å². The van der Waals surface area contributed by atoms with Crippen molar-refractivity contribution in [1.29, 1.82) is 0 Å². The second-order valence-corrected chi connectivity index (χ2v) is 6.71. The number of amides is 1. The molecule has 2 aromatic rings. The van der Waals surface area contributed by atoms with Gasteiger partial charge in [-0.05, 0) is 25.3 Å². The number of nitrogen functional groups attached to an aromatic ring is 1. The normalized spacial score (nSPS) is 21.4. The number of aromatic nitrogens is 2. The Kier molecular flexibility index (Phi) is 4.11. The van der Waals surface area contributed by atoms with Gasteiger partial charge in [0.1, 0.15) is 12.4 Å². The Bertz CT molecular complexity index is 694. The summed E-state index contributed by atoms with van der Waals surface area (Å²) in [6.45, 7) is 5.89. The van der Waals surface area contributed by atoms with E-state index in [1.807, 2.05) is 17.9 Å². The monoisotopic (exact) mass is 312 g/mol. The van der Waals surface area contributed by atoms with Gasteiger partial charge in [-0.1, -0.05) is 37.3 Å². The van der Waals surface area contributed by atoms with E-state index >= 15 is 0 Å². The number of carbonyl (C=O) groups excluding carboxylic acids is 1. The zero-order valence-corrected chi connectivity index (χ0v) is 13.8. The topological polar surface area (TPSA) is 64.2 Å². The molecule has 0 bridgehead atoms. The highest BCUT2D eigenvalue weighted by Gasteiger charge is 2.34. The lowest BCUT2D eigenvalue weighted by Crippen LogP contribution is -2.48. The predicted octanol–water partition coefficient (Wildman–Crippen LogP) is 2.35. The molecule has 0 unspecified atom stereocenters. The lowest BCUT2D eigenvalue weighted by Gasteiger charge is -2.41. The van der Waals surface area contributed by atoms with Gasteiger partial charge in [0, 0.05) is 24.6 Å². The Hall–Kier alpha value is -2.30. The quantitative estimate of drug-likeness (QED) is 0.946. The molecule has 5 nitrogen and oxygen atoms in total. The van der Waals surface area contributed by atoms with E-state index in [1.165, 1.54) is 5.56 Å². The van der Waals surface area contributed by atoms with E-state index in [0.717, 1.165) is 31.6 Å². The molecular formula is C18H24N4O. The van der Waals surface area contributed by atoms with Crippen LogP contribution in [0.15, 0.2) is 36.4 Å². The number of carbonyl (C=O) groups is 1. The van der Waals surface area contributed by atoms with Crippen LogP contribution >= 0.6 is 0 Å². The van der Waals surface area contributed by atoms with E-state index in [4.69, 9.17) is 5.73 Å². The van der Waals surface area contributed by atoms with Crippen molar-refractivity contribution in [2.75, 3.05) is 18.8 Å². The van der Waals surface area contributed by atoms with Gasteiger partial charge >= 0.3 is 0 Å². The fourth-order valence-electron chi connectivity index (χ4n) is 3.45. The molecule has 23 heavy (non-hydrogen) atoms. The van der Waals surface area contributed by atoms with Gasteiger partial charge in [-0.2, -0.15) is 5.10 Å². The number of hydrogen-bond acceptors (Lipinski definition) is 3. The number of anilines is 1. The van der Waals surface area contributed by atoms with E-state index in [-0.39, 0.29) is 17.9 Å². The highest BCUT2D eigenvalue weighted by molar-refractivity contribution is 5.76. The standard InChI is InChI=1S/C18H24N4O/c1-14-11-16(19)22(20-14)12-17(23)21-10-6-9-18(2,13-21)15-7-4-3-5-8-15/h3-5,7-8,11H,6,9-10,12-13,19H2,1-2H3/t18-/m0/s1. The van der Waals surface area contributed by atoms with E-state index in [2.05, 4.69) is 36.3 Å². The lowest BCUT2D eigenvalue weighted by molar-refractivity contribution is -0.134. The molecule has 1 saturated heterocycles. The van der Waals surface area contributed by atoms with Gasteiger partial charge in [0.15, 0.2) is 0 Å². The van der Waals surface area contributed by atoms with Gasteiger partial charge in [0.05, 0.1) is 5.69 Å². The number of piperidine rings is 1. The minimum absolute atomic E-state index is 0.0146. The zero-order valence-electron chi connectivity index (χ0n) is 13.8. The molecule has 1 aromatic heterocycles. The van der Waals surface area contributed by atoms with Crippen molar-refractivity contribution >= 4 is 11.7 Å². The second kappa shape index (κ2) is 6.07. The summed E-state index contributed by atoms with van der Waals surface area (Å²) in [5.74, 6) is 0.625. The molecule has 0 aliphatic carbocycles. The lowest BCUT2D eigenvalue weighted by atomic mass is 9.76. The van der Waals surface area contributed by atoms with Crippen molar-refractivity contribution in [2.45, 2.75) is 38.6 Å². The molecule has 0 saturated carbocycles. The Morgan fingerprint density at radius 3 is 2.74 bits per heavy atom. The van der Waals surface area contributed by atoms with Gasteiger partial charge in [-0.3, -0.25) is 4.79 Å². The van der Waals surface area contributed by atoms with Crippen LogP contribution in [0.2, 0.25) is 0 Å². The van der Waals surface area contributed by atoms with Gasteiger partial charge < -0.3 is 10.6 Å². The van der Waals surface area contributed by atoms with Gasteiger partial charge in [0.2, 0.25) is 5.91 Å². The summed E-state index contributed by atoms with van der Waals surface area (Å²) in [7, 11) is 0. The third-order valence-electron chi connectivity index (χ3n) is 4.74. The zero-order chi connectivity index (χ0) is 16.4. The molecule has 3 rings (SSSR count). The van der Waals surface area contributed by atoms with Crippen LogP contribution in [0.1, 0.15) is 31.0 Å². The van der Waals surface area contributed by atoms with Crippen LogP contribution in [-0.2, 0) is 16.8 Å². The SMILES string of the molecule is Cc1cc(N)n(CC(=O)N2CCC[C@](C)(c3ccccc3)C2)n1. The maximum Gasteiger partial charge on any atom is 0.244 e. The molecule has 0 radical (unpaired) electrons. The van der Waals surface area contributed by atoms with Crippen molar-refractivity contribution < 1.29 is 4.79 Å². The summed E-state index contributed by atoms with van der Waals surface area (Å²) in [6, 6.07) is 12.3. The van der Waals surface area contributed by atoms with Crippen LogP contribution in [0, 0.1) is 6.92 Å². The highest BCUT2D eigenvalue weighted by atomic mass is 16.2. The number of nitrogens with two attached hydrogens (primary N) is 1. The molecule has 1 atom stereocenters. The maximum atomic E-state index is 12.7. The average Bonchev–Trinajstić information content (AvgIpc) is 2.86. The molecule has 5 heteroatoms. The Morgan fingerprint density at radius 2 is 2.09 bits per heavy atom. The summed E-state index contributed by atoms with van der Waals surface area (Å²) < 4.78 is 1.59. The van der Waals surface area contributed by atoms with Crippen molar-refractivity contribution in [2.24, 2.45) is 0 Å². The number of likely N-dealkylation sites (tertiary alicyclic amines) is 1. The van der Waals surface area contributed by atoms with Crippen molar-refractivity contribution in [3.8, 4) is 0 Å². The molecule has 122 valence electrons. The fourth-order valence-corrected chi connectivity index (χ4v) is 3.45. The summed E-state index contributed by atoms with van der Waals surface area (Å²) in [4.78, 5) is 14.6. The van der Waals surface area contributed by atoms with Crippen LogP contribution in [0.5, 0.6) is 0 Å². The number of rotatable bonds is 3. The fraction of sp³-hybridized carbons (Fsp3) is 0.444. The molecule has 2 N–H and O–H groups in total. The Labute approximate surface area is 137 Å². The molecule has 2 heterocycles. The molecule has 1 aromatic carbocycles. The summed E-state index contributed by atoms with van der Waals surface area (Å²) in [5, 5.41) is 4.28. The third kappa shape index (κ3) is 3.23. The molecule has 1 amide bonds. The van der Waals surface area contributed by atoms with Gasteiger partial charge in [0.25, 0.3) is 0 Å². The molecule has 0 spiro atoms. The number of benzene rings is 1. The molecular weight excluding hydrogens is 288 g/mol. The Balaban J connectivity index is 1.73. The van der Waals surface area contributed by atoms with E-state index in [1.54, 1.807) is 10.7 Å². The van der Waals surface area contributed by atoms with Crippen LogP contribution in [0.3, 0.4) is 0 Å². The van der Waals surface area contributed by atoms with Crippen molar-refractivity contribution in [3.05, 3.63) is 47.7 Å². The summed E-state index contributed by atoms with van der Waals surface area (Å²) >= 11 is 0. The van der Waals surface area contributed by atoms with Crippen molar-refractivity contribution in [3.63, 3.8) is 0 Å². The highest BCUT2D eigenvalue weighted by Crippen LogP contribution is 2.33. The van der Waals surface area contributed by atoms with Crippen LogP contribution < -0.4 is 5.73 Å². The third-order valence-corrected chi connectivity index (χ3v) is 4.74. The maximum absolute atomic E-state index is 12.7. The predicted molar refractivity (Wildman–Crippen MR) is 91.0 cm³/mol. The number of hydrogen-bond donors (Lipinski definition) is 1. The Morgan fingerprint density at radius 1 is 1.35 bits per heavy atom. The van der Waals surface area contributed by atoms with Crippen LogP contribution in [-0.4, -0.2) is 33.7 Å². The minimum Gasteiger partial charge on any atom is -0.384 e. The molecule has 1 fully saturated rings. The van der Waals surface area contributed by atoms with Gasteiger partial charge in [-0.15, -0.1) is 0 Å². The first-order chi connectivity index (χ1) is 11.0. The summed E-state index contributed by atoms with van der Waals surface area (Å²) in [5.41, 5.74) is 8.04. The second-order valence-electron chi connectivity index (χ2n) is 6.71. The molecule has 1 aliphatic rings. The smallest absolute Gasteiger partial charge is 0.244 e. The van der Waals surface area contributed by atoms with Crippen molar-refractivity contribution in [1.82, 2.24) is 14.7 Å².